The van der Waals surface area contributed by atoms with Crippen LogP contribution >= 0.6 is 0 Å². The Bertz CT molecular complexity index is 1170. The topological polar surface area (TPSA) is 64.3 Å². The third-order valence-electron chi connectivity index (χ3n) is 5.88. The lowest BCUT2D eigenvalue weighted by Gasteiger charge is -2.30. The molecule has 0 unspecified atom stereocenters. The summed E-state index contributed by atoms with van der Waals surface area (Å²) in [6.07, 6.45) is 2.09. The molecule has 150 valence electrons. The first-order valence-electron chi connectivity index (χ1n) is 10.0. The first kappa shape index (κ1) is 19.2. The van der Waals surface area contributed by atoms with Gasteiger partial charge in [0, 0.05) is 25.7 Å². The molecule has 0 spiro atoms. The number of hydrogen-bond donors (Lipinski definition) is 0. The molecule has 1 saturated heterocycles. The van der Waals surface area contributed by atoms with E-state index in [1.807, 2.05) is 53.4 Å². The van der Waals surface area contributed by atoms with Crippen LogP contribution in [0.1, 0.15) is 35.7 Å². The number of hydrogen-bond acceptors (Lipinski definition) is 3. The Morgan fingerprint density at radius 2 is 1.55 bits per heavy atom. The lowest BCUT2D eigenvalue weighted by Crippen LogP contribution is -2.40. The van der Waals surface area contributed by atoms with Gasteiger partial charge in [0.1, 0.15) is 0 Å². The SMILES string of the molecule is CC1CCN(C(=O)c2ccc(Cn3c(=O)c(=O)n(C)c4ccccc43)cc2)CC1. The zero-order chi connectivity index (χ0) is 20.5. The smallest absolute Gasteiger partial charge is 0.317 e. The van der Waals surface area contributed by atoms with Crippen molar-refractivity contribution in [2.24, 2.45) is 13.0 Å². The van der Waals surface area contributed by atoms with Crippen molar-refractivity contribution in [3.63, 3.8) is 0 Å². The molecule has 1 aliphatic rings. The summed E-state index contributed by atoms with van der Waals surface area (Å²) in [4.78, 5) is 39.5. The summed E-state index contributed by atoms with van der Waals surface area (Å²) in [5, 5.41) is 0. The van der Waals surface area contributed by atoms with Gasteiger partial charge in [0.2, 0.25) is 0 Å². The molecular weight excluding hydrogens is 366 g/mol. The Morgan fingerprint density at radius 1 is 0.931 bits per heavy atom. The number of piperidine rings is 1. The number of fused-ring (bicyclic) bond motifs is 1. The standard InChI is InChI=1S/C23H25N3O3/c1-16-11-13-25(14-12-16)21(27)18-9-7-17(8-10-18)15-26-20-6-4-3-5-19(20)24(2)22(28)23(26)29/h3-10,16H,11-15H2,1-2H3. The summed E-state index contributed by atoms with van der Waals surface area (Å²) in [7, 11) is 1.61. The van der Waals surface area contributed by atoms with Gasteiger partial charge in [-0.3, -0.25) is 19.0 Å². The number of nitrogens with zero attached hydrogens (tertiary/aromatic N) is 3. The van der Waals surface area contributed by atoms with Crippen molar-refractivity contribution in [2.75, 3.05) is 13.1 Å². The lowest BCUT2D eigenvalue weighted by atomic mass is 9.98. The van der Waals surface area contributed by atoms with Gasteiger partial charge in [-0.1, -0.05) is 31.2 Å². The van der Waals surface area contributed by atoms with E-state index in [1.165, 1.54) is 9.13 Å². The molecule has 2 heterocycles. The number of amides is 1. The van der Waals surface area contributed by atoms with Gasteiger partial charge in [0.25, 0.3) is 5.91 Å². The quantitative estimate of drug-likeness (QED) is 0.645. The van der Waals surface area contributed by atoms with Crippen LogP contribution in [0.4, 0.5) is 0 Å². The number of carbonyl (C=O) groups excluding carboxylic acids is 1. The van der Waals surface area contributed by atoms with Crippen molar-refractivity contribution in [2.45, 2.75) is 26.3 Å². The third-order valence-corrected chi connectivity index (χ3v) is 5.88. The van der Waals surface area contributed by atoms with E-state index in [0.717, 1.165) is 31.5 Å². The molecule has 1 amide bonds. The summed E-state index contributed by atoms with van der Waals surface area (Å²) < 4.78 is 2.88. The lowest BCUT2D eigenvalue weighted by molar-refractivity contribution is 0.0697. The molecule has 1 fully saturated rings. The van der Waals surface area contributed by atoms with Crippen molar-refractivity contribution in [3.8, 4) is 0 Å². The van der Waals surface area contributed by atoms with Gasteiger partial charge in [-0.05, 0) is 48.6 Å². The van der Waals surface area contributed by atoms with E-state index in [1.54, 1.807) is 7.05 Å². The molecule has 0 atom stereocenters. The second-order valence-electron chi connectivity index (χ2n) is 7.92. The summed E-state index contributed by atoms with van der Waals surface area (Å²) in [5.74, 6) is 0.729. The average Bonchev–Trinajstić information content (AvgIpc) is 2.75. The highest BCUT2D eigenvalue weighted by atomic mass is 16.2. The number of aromatic nitrogens is 2. The normalized spacial score (nSPS) is 15.0. The molecule has 29 heavy (non-hydrogen) atoms. The Kier molecular flexibility index (Phi) is 5.09. The summed E-state index contributed by atoms with van der Waals surface area (Å²) in [5.41, 5.74) is 1.85. The first-order chi connectivity index (χ1) is 14.0. The molecule has 6 heteroatoms. The molecule has 4 rings (SSSR count). The van der Waals surface area contributed by atoms with Crippen molar-refractivity contribution in [1.82, 2.24) is 14.0 Å². The molecule has 1 aliphatic heterocycles. The number of rotatable bonds is 3. The summed E-state index contributed by atoms with van der Waals surface area (Å²) >= 11 is 0. The Labute approximate surface area is 169 Å². The van der Waals surface area contributed by atoms with Crippen molar-refractivity contribution >= 4 is 16.9 Å². The van der Waals surface area contributed by atoms with Gasteiger partial charge in [-0.2, -0.15) is 0 Å². The highest BCUT2D eigenvalue weighted by molar-refractivity contribution is 5.94. The van der Waals surface area contributed by atoms with Crippen LogP contribution in [0.3, 0.4) is 0 Å². The molecule has 2 aromatic carbocycles. The largest absolute Gasteiger partial charge is 0.339 e. The van der Waals surface area contributed by atoms with Gasteiger partial charge in [0.15, 0.2) is 0 Å². The van der Waals surface area contributed by atoms with E-state index in [-0.39, 0.29) is 12.5 Å². The van der Waals surface area contributed by atoms with E-state index in [2.05, 4.69) is 6.92 Å². The monoisotopic (exact) mass is 391 g/mol. The highest BCUT2D eigenvalue weighted by Gasteiger charge is 2.21. The first-order valence-corrected chi connectivity index (χ1v) is 10.0. The molecule has 1 aromatic heterocycles. The molecule has 0 radical (unpaired) electrons. The fraction of sp³-hybridized carbons (Fsp3) is 0.348. The van der Waals surface area contributed by atoms with Crippen LogP contribution in [0, 0.1) is 5.92 Å². The van der Waals surface area contributed by atoms with E-state index in [0.29, 0.717) is 22.5 Å². The predicted octanol–water partition coefficient (Wildman–Crippen LogP) is 2.62. The van der Waals surface area contributed by atoms with Crippen LogP contribution in [0.2, 0.25) is 0 Å². The van der Waals surface area contributed by atoms with Crippen LogP contribution in [0.15, 0.2) is 58.1 Å². The zero-order valence-corrected chi connectivity index (χ0v) is 16.8. The van der Waals surface area contributed by atoms with E-state index in [9.17, 15) is 14.4 Å². The van der Waals surface area contributed by atoms with E-state index < -0.39 is 11.1 Å². The van der Waals surface area contributed by atoms with Gasteiger partial charge in [-0.25, -0.2) is 0 Å². The number of likely N-dealkylation sites (tertiary alicyclic amines) is 1. The van der Waals surface area contributed by atoms with E-state index >= 15 is 0 Å². The molecular formula is C23H25N3O3. The number of carbonyl (C=O) groups is 1. The Balaban J connectivity index is 1.61. The molecule has 0 N–H and O–H groups in total. The molecule has 3 aromatic rings. The Morgan fingerprint density at radius 3 is 2.21 bits per heavy atom. The van der Waals surface area contributed by atoms with Crippen molar-refractivity contribution in [1.29, 1.82) is 0 Å². The van der Waals surface area contributed by atoms with Crippen LogP contribution in [0.5, 0.6) is 0 Å². The molecule has 0 aliphatic carbocycles. The van der Waals surface area contributed by atoms with Gasteiger partial charge >= 0.3 is 11.1 Å². The number of para-hydroxylation sites is 2. The minimum Gasteiger partial charge on any atom is -0.339 e. The average molecular weight is 391 g/mol. The summed E-state index contributed by atoms with van der Waals surface area (Å²) in [6, 6.07) is 14.7. The number of aryl methyl sites for hydroxylation is 1. The van der Waals surface area contributed by atoms with Crippen LogP contribution in [-0.2, 0) is 13.6 Å². The molecule has 0 bridgehead atoms. The minimum atomic E-state index is -0.547. The maximum atomic E-state index is 12.7. The van der Waals surface area contributed by atoms with Crippen LogP contribution in [-0.4, -0.2) is 33.0 Å². The fourth-order valence-electron chi connectivity index (χ4n) is 3.94. The number of benzene rings is 2. The Hall–Kier alpha value is -3.15. The maximum absolute atomic E-state index is 12.7. The van der Waals surface area contributed by atoms with Gasteiger partial charge in [-0.15, -0.1) is 0 Å². The summed E-state index contributed by atoms with van der Waals surface area (Å²) in [6.45, 7) is 4.11. The molecule has 6 nitrogen and oxygen atoms in total. The van der Waals surface area contributed by atoms with Crippen molar-refractivity contribution < 1.29 is 4.79 Å². The molecule has 0 saturated carbocycles. The van der Waals surface area contributed by atoms with Gasteiger partial charge < -0.3 is 9.47 Å². The van der Waals surface area contributed by atoms with E-state index in [4.69, 9.17) is 0 Å². The second-order valence-corrected chi connectivity index (χ2v) is 7.92. The fourth-order valence-corrected chi connectivity index (χ4v) is 3.94. The third kappa shape index (κ3) is 3.62. The minimum absolute atomic E-state index is 0.0552. The zero-order valence-electron chi connectivity index (χ0n) is 16.8. The van der Waals surface area contributed by atoms with Crippen molar-refractivity contribution in [3.05, 3.63) is 80.4 Å². The second kappa shape index (κ2) is 7.70. The van der Waals surface area contributed by atoms with Gasteiger partial charge in [0.05, 0.1) is 17.6 Å². The van der Waals surface area contributed by atoms with Crippen LogP contribution < -0.4 is 11.1 Å². The maximum Gasteiger partial charge on any atom is 0.317 e. The predicted molar refractivity (Wildman–Crippen MR) is 113 cm³/mol. The van der Waals surface area contributed by atoms with Crippen LogP contribution in [0.25, 0.3) is 11.0 Å². The highest BCUT2D eigenvalue weighted by Crippen LogP contribution is 2.19.